The molecular weight excluding hydrogens is 192 g/mol. The molecule has 0 spiro atoms. The van der Waals surface area contributed by atoms with E-state index >= 15 is 0 Å². The molecule has 3 N–H and O–H groups in total. The topological polar surface area (TPSA) is 76.2 Å². The van der Waals surface area contributed by atoms with Gasteiger partial charge in [0.15, 0.2) is 0 Å². The highest BCUT2D eigenvalue weighted by Crippen LogP contribution is 2.20. The second-order valence-electron chi connectivity index (χ2n) is 3.40. The van der Waals surface area contributed by atoms with E-state index < -0.39 is 5.91 Å². The highest BCUT2D eigenvalue weighted by Gasteiger charge is 2.08. The molecule has 0 radical (unpaired) electrons. The van der Waals surface area contributed by atoms with Crippen molar-refractivity contribution >= 4 is 16.8 Å². The van der Waals surface area contributed by atoms with Gasteiger partial charge >= 0.3 is 0 Å². The molecule has 15 heavy (non-hydrogen) atoms. The minimum absolute atomic E-state index is 0.176. The van der Waals surface area contributed by atoms with Gasteiger partial charge in [0.25, 0.3) is 5.91 Å². The molecule has 2 aromatic rings. The zero-order valence-electron chi connectivity index (χ0n) is 8.19. The molecule has 0 saturated heterocycles. The Bertz CT molecular complexity index is 550. The van der Waals surface area contributed by atoms with E-state index in [0.29, 0.717) is 11.1 Å². The molecule has 0 saturated carbocycles. The first-order valence-electron chi connectivity index (χ1n) is 4.48. The predicted octanol–water partition coefficient (Wildman–Crippen LogP) is 1.35. The molecule has 0 aliphatic carbocycles. The second-order valence-corrected chi connectivity index (χ2v) is 3.40. The number of phenols is 1. The van der Waals surface area contributed by atoms with Crippen LogP contribution in [0.4, 0.5) is 0 Å². The summed E-state index contributed by atoms with van der Waals surface area (Å²) in [6.45, 7) is 1.76. The summed E-state index contributed by atoms with van der Waals surface area (Å²) in [7, 11) is 0. The molecule has 1 aromatic heterocycles. The van der Waals surface area contributed by atoms with E-state index in [4.69, 9.17) is 5.73 Å². The van der Waals surface area contributed by atoms with Gasteiger partial charge in [-0.05, 0) is 36.8 Å². The van der Waals surface area contributed by atoms with E-state index in [1.807, 2.05) is 0 Å². The Morgan fingerprint density at radius 3 is 2.80 bits per heavy atom. The van der Waals surface area contributed by atoms with E-state index in [0.717, 1.165) is 5.39 Å². The smallest absolute Gasteiger partial charge is 0.267 e. The number of nitrogens with two attached hydrogens (primary N) is 1. The molecule has 4 nitrogen and oxygen atoms in total. The van der Waals surface area contributed by atoms with Gasteiger partial charge in [-0.15, -0.1) is 0 Å². The normalized spacial score (nSPS) is 10.5. The van der Waals surface area contributed by atoms with E-state index in [9.17, 15) is 9.90 Å². The SMILES string of the molecule is Cc1cc2cc(O)ccc2nc1C(N)=O. The maximum Gasteiger partial charge on any atom is 0.267 e. The number of rotatable bonds is 1. The van der Waals surface area contributed by atoms with Crippen LogP contribution in [0, 0.1) is 6.92 Å². The zero-order chi connectivity index (χ0) is 11.0. The van der Waals surface area contributed by atoms with Crippen LogP contribution in [0.3, 0.4) is 0 Å². The Kier molecular flexibility index (Phi) is 2.04. The molecule has 0 aliphatic rings. The van der Waals surface area contributed by atoms with Crippen molar-refractivity contribution in [3.05, 3.63) is 35.5 Å². The molecule has 0 aliphatic heterocycles. The monoisotopic (exact) mass is 202 g/mol. The number of phenolic OH excluding ortho intramolecular Hbond substituents is 1. The number of nitrogens with zero attached hydrogens (tertiary/aromatic N) is 1. The van der Waals surface area contributed by atoms with E-state index in [-0.39, 0.29) is 11.4 Å². The van der Waals surface area contributed by atoms with Crippen LogP contribution < -0.4 is 5.73 Å². The van der Waals surface area contributed by atoms with Gasteiger partial charge in [-0.2, -0.15) is 0 Å². The number of carbonyl (C=O) groups is 1. The van der Waals surface area contributed by atoms with Crippen LogP contribution >= 0.6 is 0 Å². The van der Waals surface area contributed by atoms with Crippen LogP contribution in [-0.2, 0) is 0 Å². The third-order valence-electron chi connectivity index (χ3n) is 2.22. The molecule has 4 heteroatoms. The average molecular weight is 202 g/mol. The van der Waals surface area contributed by atoms with Crippen molar-refractivity contribution in [1.29, 1.82) is 0 Å². The summed E-state index contributed by atoms with van der Waals surface area (Å²) >= 11 is 0. The number of pyridine rings is 1. The van der Waals surface area contributed by atoms with Crippen LogP contribution in [0.5, 0.6) is 5.75 Å². The molecule has 0 atom stereocenters. The van der Waals surface area contributed by atoms with Crippen molar-refractivity contribution < 1.29 is 9.90 Å². The number of benzene rings is 1. The standard InChI is InChI=1S/C11H10N2O2/c1-6-4-7-5-8(14)2-3-9(7)13-10(6)11(12)15/h2-5,14H,1H3,(H2,12,15). The summed E-state index contributed by atoms with van der Waals surface area (Å²) in [5.74, 6) is -0.363. The van der Waals surface area contributed by atoms with Gasteiger partial charge in [0, 0.05) is 5.39 Å². The Labute approximate surface area is 86.4 Å². The van der Waals surface area contributed by atoms with E-state index in [2.05, 4.69) is 4.98 Å². The quantitative estimate of drug-likeness (QED) is 0.732. The van der Waals surface area contributed by atoms with Gasteiger partial charge < -0.3 is 10.8 Å². The van der Waals surface area contributed by atoms with Gasteiger partial charge in [-0.1, -0.05) is 0 Å². The minimum atomic E-state index is -0.539. The third-order valence-corrected chi connectivity index (χ3v) is 2.22. The number of fused-ring (bicyclic) bond motifs is 1. The van der Waals surface area contributed by atoms with Gasteiger partial charge in [0.05, 0.1) is 5.52 Å². The number of aryl methyl sites for hydroxylation is 1. The minimum Gasteiger partial charge on any atom is -0.508 e. The molecule has 1 heterocycles. The number of aromatic nitrogens is 1. The first kappa shape index (κ1) is 9.45. The van der Waals surface area contributed by atoms with Crippen molar-refractivity contribution in [2.75, 3.05) is 0 Å². The van der Waals surface area contributed by atoms with Crippen molar-refractivity contribution in [2.24, 2.45) is 5.73 Å². The summed E-state index contributed by atoms with van der Waals surface area (Å²) in [6, 6.07) is 6.55. The average Bonchev–Trinajstić information content (AvgIpc) is 2.15. The molecule has 2 rings (SSSR count). The lowest BCUT2D eigenvalue weighted by Crippen LogP contribution is -2.14. The molecule has 1 aromatic carbocycles. The Morgan fingerprint density at radius 1 is 1.40 bits per heavy atom. The molecule has 0 unspecified atom stereocenters. The molecule has 1 amide bonds. The van der Waals surface area contributed by atoms with Crippen molar-refractivity contribution in [2.45, 2.75) is 6.92 Å². The second kappa shape index (κ2) is 3.24. The van der Waals surface area contributed by atoms with E-state index in [1.54, 1.807) is 25.1 Å². The molecule has 0 bridgehead atoms. The van der Waals surface area contributed by atoms with Gasteiger partial charge in [0.1, 0.15) is 11.4 Å². The van der Waals surface area contributed by atoms with Crippen LogP contribution in [-0.4, -0.2) is 16.0 Å². The lowest BCUT2D eigenvalue weighted by molar-refractivity contribution is 0.0995. The Balaban J connectivity index is 2.76. The van der Waals surface area contributed by atoms with E-state index in [1.165, 1.54) is 6.07 Å². The van der Waals surface area contributed by atoms with Crippen molar-refractivity contribution in [3.8, 4) is 5.75 Å². The Hall–Kier alpha value is -2.10. The summed E-state index contributed by atoms with van der Waals surface area (Å²) < 4.78 is 0. The van der Waals surface area contributed by atoms with Gasteiger partial charge in [0.2, 0.25) is 0 Å². The van der Waals surface area contributed by atoms with Gasteiger partial charge in [-0.3, -0.25) is 4.79 Å². The lowest BCUT2D eigenvalue weighted by Gasteiger charge is -2.04. The first-order valence-corrected chi connectivity index (χ1v) is 4.48. The van der Waals surface area contributed by atoms with Crippen LogP contribution in [0.15, 0.2) is 24.3 Å². The molecule has 76 valence electrons. The number of amides is 1. The highest BCUT2D eigenvalue weighted by atomic mass is 16.3. The number of carbonyl (C=O) groups excluding carboxylic acids is 1. The Morgan fingerprint density at radius 2 is 2.13 bits per heavy atom. The third kappa shape index (κ3) is 1.61. The lowest BCUT2D eigenvalue weighted by atomic mass is 10.1. The summed E-state index contributed by atoms with van der Waals surface area (Å²) in [6.07, 6.45) is 0. The number of primary amides is 1. The fourth-order valence-corrected chi connectivity index (χ4v) is 1.52. The van der Waals surface area contributed by atoms with Crippen LogP contribution in [0.25, 0.3) is 10.9 Å². The number of hydrogen-bond donors (Lipinski definition) is 2. The predicted molar refractivity (Wildman–Crippen MR) is 56.7 cm³/mol. The maximum atomic E-state index is 11.0. The fourth-order valence-electron chi connectivity index (χ4n) is 1.52. The molecule has 0 fully saturated rings. The first-order chi connectivity index (χ1) is 7.08. The van der Waals surface area contributed by atoms with Gasteiger partial charge in [-0.25, -0.2) is 4.98 Å². The number of hydrogen-bond acceptors (Lipinski definition) is 3. The maximum absolute atomic E-state index is 11.0. The number of aromatic hydroxyl groups is 1. The molecular formula is C11H10N2O2. The summed E-state index contributed by atoms with van der Waals surface area (Å²) in [4.78, 5) is 15.2. The van der Waals surface area contributed by atoms with Crippen molar-refractivity contribution in [3.63, 3.8) is 0 Å². The van der Waals surface area contributed by atoms with Crippen LogP contribution in [0.2, 0.25) is 0 Å². The van der Waals surface area contributed by atoms with Crippen molar-refractivity contribution in [1.82, 2.24) is 4.98 Å². The summed E-state index contributed by atoms with van der Waals surface area (Å²) in [5, 5.41) is 10.1. The summed E-state index contributed by atoms with van der Waals surface area (Å²) in [5.41, 5.74) is 6.81. The van der Waals surface area contributed by atoms with Crippen LogP contribution in [0.1, 0.15) is 16.1 Å². The fraction of sp³-hybridized carbons (Fsp3) is 0.0909. The highest BCUT2D eigenvalue weighted by molar-refractivity contribution is 5.95. The zero-order valence-corrected chi connectivity index (χ0v) is 8.19. The largest absolute Gasteiger partial charge is 0.508 e.